The Kier molecular flexibility index (Phi) is 8.96. The van der Waals surface area contributed by atoms with Crippen LogP contribution in [0.4, 0.5) is 4.79 Å². The number of halogens is 2. The van der Waals surface area contributed by atoms with Gasteiger partial charge in [0.25, 0.3) is 0 Å². The minimum Gasteiger partial charge on any atom is -0.463 e. The third-order valence-corrected chi connectivity index (χ3v) is 4.50. The molecule has 0 spiro atoms. The molecule has 0 bridgehead atoms. The average molecular weight is 464 g/mol. The average Bonchev–Trinajstić information content (AvgIpc) is 2.64. The molecule has 0 aromatic heterocycles. The third kappa shape index (κ3) is 9.03. The summed E-state index contributed by atoms with van der Waals surface area (Å²) >= 11 is 12.2. The molecule has 0 saturated heterocycles. The van der Waals surface area contributed by atoms with Crippen LogP contribution in [0.3, 0.4) is 0 Å². The van der Waals surface area contributed by atoms with E-state index < -0.39 is 23.7 Å². The Morgan fingerprint density at radius 2 is 1.65 bits per heavy atom. The maximum Gasteiger partial charge on any atom is 0.408 e. The van der Waals surface area contributed by atoms with E-state index in [0.29, 0.717) is 16.5 Å². The second-order valence-electron chi connectivity index (χ2n) is 7.92. The zero-order chi connectivity index (χ0) is 23.0. The maximum absolute atomic E-state index is 12.2. The number of carbonyl (C=O) groups is 2. The van der Waals surface area contributed by atoms with Crippen LogP contribution in [0.2, 0.25) is 10.0 Å². The van der Waals surface area contributed by atoms with Crippen molar-refractivity contribution in [1.29, 1.82) is 0 Å². The van der Waals surface area contributed by atoms with Gasteiger partial charge in [-0.25, -0.2) is 9.59 Å². The van der Waals surface area contributed by atoms with E-state index in [1.807, 2.05) is 36.4 Å². The van der Waals surface area contributed by atoms with Crippen molar-refractivity contribution in [1.82, 2.24) is 5.32 Å². The van der Waals surface area contributed by atoms with Crippen molar-refractivity contribution in [3.63, 3.8) is 0 Å². The number of ether oxygens (including phenoxy) is 2. The van der Waals surface area contributed by atoms with E-state index in [1.165, 1.54) is 6.08 Å². The predicted octanol–water partition coefficient (Wildman–Crippen LogP) is 6.22. The van der Waals surface area contributed by atoms with Crippen LogP contribution in [0.15, 0.2) is 54.6 Å². The lowest BCUT2D eigenvalue weighted by Crippen LogP contribution is -2.39. The van der Waals surface area contributed by atoms with Gasteiger partial charge in [0.15, 0.2) is 0 Å². The lowest BCUT2D eigenvalue weighted by molar-refractivity contribution is -0.137. The monoisotopic (exact) mass is 463 g/mol. The van der Waals surface area contributed by atoms with Crippen molar-refractivity contribution >= 4 is 35.3 Å². The molecule has 5 nitrogen and oxygen atoms in total. The molecule has 0 fully saturated rings. The molecule has 166 valence electrons. The fourth-order valence-corrected chi connectivity index (χ4v) is 3.34. The summed E-state index contributed by atoms with van der Waals surface area (Å²) in [4.78, 5) is 23.9. The Morgan fingerprint density at radius 3 is 2.19 bits per heavy atom. The first kappa shape index (κ1) is 24.8. The summed E-state index contributed by atoms with van der Waals surface area (Å²) < 4.78 is 10.3. The summed E-state index contributed by atoms with van der Waals surface area (Å²) in [7, 11) is 0. The molecule has 0 aliphatic carbocycles. The van der Waals surface area contributed by atoms with E-state index in [0.717, 1.165) is 16.7 Å². The van der Waals surface area contributed by atoms with Gasteiger partial charge >= 0.3 is 12.1 Å². The number of hydrogen-bond donors (Lipinski definition) is 1. The van der Waals surface area contributed by atoms with Crippen LogP contribution in [0.25, 0.3) is 11.1 Å². The predicted molar refractivity (Wildman–Crippen MR) is 125 cm³/mol. The molecule has 2 aromatic carbocycles. The highest BCUT2D eigenvalue weighted by Crippen LogP contribution is 2.27. The number of amides is 1. The highest BCUT2D eigenvalue weighted by atomic mass is 35.5. The van der Waals surface area contributed by atoms with E-state index in [1.54, 1.807) is 39.8 Å². The van der Waals surface area contributed by atoms with Crippen LogP contribution in [0.1, 0.15) is 33.3 Å². The number of alkyl carbamates (subject to hydrolysis) is 1. The summed E-state index contributed by atoms with van der Waals surface area (Å²) in [6.07, 6.45) is 2.82. The molecule has 1 atom stereocenters. The standard InChI is InChI=1S/C24H27Cl2NO4/c1-5-30-22(28)11-10-21(27-23(29)31-24(2,3)4)12-16-6-8-17(9-7-16)18-13-19(25)15-20(26)14-18/h6-11,13-15,21H,5,12H2,1-4H3,(H,27,29)/b11-10+/t21-/m0/s1. The fraction of sp³-hybridized carbons (Fsp3) is 0.333. The van der Waals surface area contributed by atoms with Gasteiger partial charge in [0.2, 0.25) is 0 Å². The van der Waals surface area contributed by atoms with Crippen LogP contribution < -0.4 is 5.32 Å². The van der Waals surface area contributed by atoms with Crippen LogP contribution in [-0.4, -0.2) is 30.3 Å². The van der Waals surface area contributed by atoms with E-state index in [-0.39, 0.29) is 6.61 Å². The van der Waals surface area contributed by atoms with Crippen LogP contribution >= 0.6 is 23.2 Å². The van der Waals surface area contributed by atoms with Gasteiger partial charge < -0.3 is 14.8 Å². The van der Waals surface area contributed by atoms with Crippen LogP contribution in [0.5, 0.6) is 0 Å². The SMILES string of the molecule is CCOC(=O)/C=C/[C@@H](Cc1ccc(-c2cc(Cl)cc(Cl)c2)cc1)NC(=O)OC(C)(C)C. The highest BCUT2D eigenvalue weighted by molar-refractivity contribution is 6.35. The summed E-state index contributed by atoms with van der Waals surface area (Å²) in [5.41, 5.74) is 2.22. The molecule has 31 heavy (non-hydrogen) atoms. The van der Waals surface area contributed by atoms with E-state index >= 15 is 0 Å². The van der Waals surface area contributed by atoms with Crippen molar-refractivity contribution < 1.29 is 19.1 Å². The van der Waals surface area contributed by atoms with Gasteiger partial charge in [-0.15, -0.1) is 0 Å². The second-order valence-corrected chi connectivity index (χ2v) is 8.80. The number of hydrogen-bond acceptors (Lipinski definition) is 4. The van der Waals surface area contributed by atoms with Gasteiger partial charge in [0.05, 0.1) is 12.6 Å². The summed E-state index contributed by atoms with van der Waals surface area (Å²) in [6.45, 7) is 7.38. The minimum atomic E-state index is -0.626. The summed E-state index contributed by atoms with van der Waals surface area (Å²) in [5.74, 6) is -0.466. The lowest BCUT2D eigenvalue weighted by atomic mass is 10.0. The van der Waals surface area contributed by atoms with Crippen molar-refractivity contribution in [2.24, 2.45) is 0 Å². The van der Waals surface area contributed by atoms with Gasteiger partial charge in [-0.2, -0.15) is 0 Å². The quantitative estimate of drug-likeness (QED) is 0.391. The largest absolute Gasteiger partial charge is 0.463 e. The molecule has 0 unspecified atom stereocenters. The smallest absolute Gasteiger partial charge is 0.408 e. The molecule has 0 aliphatic rings. The Hall–Kier alpha value is -2.50. The molecular weight excluding hydrogens is 437 g/mol. The molecular formula is C24H27Cl2NO4. The van der Waals surface area contributed by atoms with Crippen LogP contribution in [0, 0.1) is 0 Å². The normalized spacial score (nSPS) is 12.5. The zero-order valence-electron chi connectivity index (χ0n) is 18.1. The van der Waals surface area contributed by atoms with E-state index in [2.05, 4.69) is 5.32 Å². The fourth-order valence-electron chi connectivity index (χ4n) is 2.82. The van der Waals surface area contributed by atoms with E-state index in [4.69, 9.17) is 32.7 Å². The van der Waals surface area contributed by atoms with Crippen molar-refractivity contribution in [2.45, 2.75) is 45.8 Å². The Labute approximate surface area is 193 Å². The molecule has 0 saturated carbocycles. The number of benzene rings is 2. The topological polar surface area (TPSA) is 64.6 Å². The molecule has 1 N–H and O–H groups in total. The van der Waals surface area contributed by atoms with Crippen molar-refractivity contribution in [2.75, 3.05) is 6.61 Å². The number of rotatable bonds is 7. The first-order valence-corrected chi connectivity index (χ1v) is 10.7. The molecule has 0 heterocycles. The number of nitrogens with one attached hydrogen (secondary N) is 1. The van der Waals surface area contributed by atoms with Crippen LogP contribution in [-0.2, 0) is 20.7 Å². The third-order valence-electron chi connectivity index (χ3n) is 4.06. The Morgan fingerprint density at radius 1 is 1.03 bits per heavy atom. The highest BCUT2D eigenvalue weighted by Gasteiger charge is 2.19. The molecule has 7 heteroatoms. The summed E-state index contributed by atoms with van der Waals surface area (Å²) in [5, 5.41) is 3.92. The van der Waals surface area contributed by atoms with Gasteiger partial charge in [-0.3, -0.25) is 0 Å². The summed E-state index contributed by atoms with van der Waals surface area (Å²) in [6, 6.07) is 12.7. The maximum atomic E-state index is 12.2. The molecule has 0 aliphatic heterocycles. The zero-order valence-corrected chi connectivity index (χ0v) is 19.6. The van der Waals surface area contributed by atoms with Crippen molar-refractivity contribution in [3.8, 4) is 11.1 Å². The minimum absolute atomic E-state index is 0.280. The molecule has 0 radical (unpaired) electrons. The van der Waals surface area contributed by atoms with Gasteiger partial charge in [0.1, 0.15) is 5.60 Å². The van der Waals surface area contributed by atoms with Gasteiger partial charge in [0, 0.05) is 16.1 Å². The van der Waals surface area contributed by atoms with E-state index in [9.17, 15) is 9.59 Å². The number of esters is 1. The first-order valence-electron chi connectivity index (χ1n) is 9.95. The van der Waals surface area contributed by atoms with Gasteiger partial charge in [-0.05, 0) is 69.0 Å². The number of carbonyl (C=O) groups excluding carboxylic acids is 2. The molecule has 1 amide bonds. The van der Waals surface area contributed by atoms with Gasteiger partial charge in [-0.1, -0.05) is 53.5 Å². The lowest BCUT2D eigenvalue weighted by Gasteiger charge is -2.22. The Bertz CT molecular complexity index is 913. The Balaban J connectivity index is 2.16. The first-order chi connectivity index (χ1) is 14.6. The van der Waals surface area contributed by atoms with Crippen molar-refractivity contribution in [3.05, 3.63) is 70.2 Å². The molecule has 2 aromatic rings. The molecule has 2 rings (SSSR count). The second kappa shape index (κ2) is 11.2.